The zero-order valence-corrected chi connectivity index (χ0v) is 11.4. The Bertz CT molecular complexity index is 550. The Hall–Kier alpha value is -1.27. The SMILES string of the molecule is BrCC1CN(c2nnc3ccccc3n2)CCO1. The highest BCUT2D eigenvalue weighted by Crippen LogP contribution is 2.16. The molecule has 2 aromatic rings. The number of alkyl halides is 1. The summed E-state index contributed by atoms with van der Waals surface area (Å²) >= 11 is 3.44. The topological polar surface area (TPSA) is 51.1 Å². The second-order valence-corrected chi connectivity index (χ2v) is 4.84. The molecule has 18 heavy (non-hydrogen) atoms. The molecule has 1 aliphatic heterocycles. The largest absolute Gasteiger partial charge is 0.374 e. The molecule has 1 fully saturated rings. The van der Waals surface area contributed by atoms with Crippen LogP contribution in [0.3, 0.4) is 0 Å². The standard InChI is InChI=1S/C12H13BrN4O/c13-7-9-8-17(5-6-18-9)12-14-10-3-1-2-4-11(10)15-16-12/h1-4,9H,5-8H2. The van der Waals surface area contributed by atoms with Gasteiger partial charge in [-0.3, -0.25) is 0 Å². The quantitative estimate of drug-likeness (QED) is 0.789. The van der Waals surface area contributed by atoms with E-state index in [1.54, 1.807) is 0 Å². The van der Waals surface area contributed by atoms with Crippen LogP contribution in [-0.2, 0) is 4.74 Å². The number of rotatable bonds is 2. The molecule has 0 radical (unpaired) electrons. The summed E-state index contributed by atoms with van der Waals surface area (Å²) in [6.07, 6.45) is 0.189. The summed E-state index contributed by atoms with van der Waals surface area (Å²) in [4.78, 5) is 6.67. The second-order valence-electron chi connectivity index (χ2n) is 4.19. The third-order valence-electron chi connectivity index (χ3n) is 2.94. The van der Waals surface area contributed by atoms with Crippen molar-refractivity contribution in [3.05, 3.63) is 24.3 Å². The number of anilines is 1. The molecule has 1 aromatic heterocycles. The summed E-state index contributed by atoms with van der Waals surface area (Å²) < 4.78 is 5.60. The molecule has 6 heteroatoms. The van der Waals surface area contributed by atoms with Gasteiger partial charge >= 0.3 is 0 Å². The van der Waals surface area contributed by atoms with Crippen molar-refractivity contribution in [1.29, 1.82) is 0 Å². The van der Waals surface area contributed by atoms with Crippen molar-refractivity contribution in [2.75, 3.05) is 29.9 Å². The molecule has 1 aromatic carbocycles. The van der Waals surface area contributed by atoms with Gasteiger partial charge in [-0.05, 0) is 12.1 Å². The minimum atomic E-state index is 0.189. The maximum Gasteiger partial charge on any atom is 0.246 e. The Morgan fingerprint density at radius 2 is 2.11 bits per heavy atom. The molecule has 1 aliphatic rings. The van der Waals surface area contributed by atoms with E-state index in [9.17, 15) is 0 Å². The molecule has 94 valence electrons. The van der Waals surface area contributed by atoms with Crippen LogP contribution in [-0.4, -0.2) is 46.3 Å². The van der Waals surface area contributed by atoms with E-state index in [1.807, 2.05) is 24.3 Å². The summed E-state index contributed by atoms with van der Waals surface area (Å²) in [7, 11) is 0. The fraction of sp³-hybridized carbons (Fsp3) is 0.417. The number of nitrogens with zero attached hydrogens (tertiary/aromatic N) is 4. The van der Waals surface area contributed by atoms with Crippen LogP contribution in [0, 0.1) is 0 Å². The van der Waals surface area contributed by atoms with E-state index in [0.29, 0.717) is 12.6 Å². The van der Waals surface area contributed by atoms with Crippen LogP contribution < -0.4 is 4.90 Å². The van der Waals surface area contributed by atoms with Crippen LogP contribution in [0.2, 0.25) is 0 Å². The molecule has 2 heterocycles. The van der Waals surface area contributed by atoms with Crippen molar-refractivity contribution in [3.63, 3.8) is 0 Å². The van der Waals surface area contributed by atoms with E-state index >= 15 is 0 Å². The predicted octanol–water partition coefficient (Wildman–Crippen LogP) is 1.62. The second kappa shape index (κ2) is 5.16. The maximum absolute atomic E-state index is 5.60. The molecule has 3 rings (SSSR count). The smallest absolute Gasteiger partial charge is 0.246 e. The number of halogens is 1. The van der Waals surface area contributed by atoms with Crippen LogP contribution in [0.5, 0.6) is 0 Å². The molecule has 1 saturated heterocycles. The van der Waals surface area contributed by atoms with E-state index in [0.717, 1.165) is 29.5 Å². The van der Waals surface area contributed by atoms with Gasteiger partial charge in [-0.15, -0.1) is 10.2 Å². The molecule has 0 N–H and O–H groups in total. The minimum Gasteiger partial charge on any atom is -0.374 e. The number of hydrogen-bond donors (Lipinski definition) is 0. The van der Waals surface area contributed by atoms with E-state index < -0.39 is 0 Å². The number of benzene rings is 1. The lowest BCUT2D eigenvalue weighted by molar-refractivity contribution is 0.0564. The van der Waals surface area contributed by atoms with Gasteiger partial charge in [0.2, 0.25) is 5.95 Å². The van der Waals surface area contributed by atoms with Crippen molar-refractivity contribution >= 4 is 32.9 Å². The lowest BCUT2D eigenvalue weighted by Crippen LogP contribution is -2.44. The Kier molecular flexibility index (Phi) is 3.38. The number of aromatic nitrogens is 3. The maximum atomic E-state index is 5.60. The highest BCUT2D eigenvalue weighted by Gasteiger charge is 2.21. The first-order valence-electron chi connectivity index (χ1n) is 5.89. The lowest BCUT2D eigenvalue weighted by Gasteiger charge is -2.31. The van der Waals surface area contributed by atoms with E-state index in [4.69, 9.17) is 4.74 Å². The predicted molar refractivity (Wildman–Crippen MR) is 73.1 cm³/mol. The van der Waals surface area contributed by atoms with Gasteiger partial charge in [-0.2, -0.15) is 0 Å². The molecular weight excluding hydrogens is 296 g/mol. The van der Waals surface area contributed by atoms with Crippen molar-refractivity contribution < 1.29 is 4.74 Å². The first kappa shape index (κ1) is 11.8. The average molecular weight is 309 g/mol. The van der Waals surface area contributed by atoms with E-state index in [-0.39, 0.29) is 6.10 Å². The number of morpholine rings is 1. The van der Waals surface area contributed by atoms with Gasteiger partial charge in [0, 0.05) is 18.4 Å². The Balaban J connectivity index is 1.89. The summed E-state index contributed by atoms with van der Waals surface area (Å²) in [6, 6.07) is 7.77. The molecule has 5 nitrogen and oxygen atoms in total. The highest BCUT2D eigenvalue weighted by molar-refractivity contribution is 9.09. The zero-order chi connectivity index (χ0) is 12.4. The summed E-state index contributed by atoms with van der Waals surface area (Å²) in [5, 5.41) is 9.22. The molecule has 1 atom stereocenters. The first-order chi connectivity index (χ1) is 8.86. The zero-order valence-electron chi connectivity index (χ0n) is 9.79. The van der Waals surface area contributed by atoms with Crippen molar-refractivity contribution in [1.82, 2.24) is 15.2 Å². The number of hydrogen-bond acceptors (Lipinski definition) is 5. The van der Waals surface area contributed by atoms with Crippen LogP contribution in [0.15, 0.2) is 24.3 Å². The molecule has 1 unspecified atom stereocenters. The molecule has 0 saturated carbocycles. The van der Waals surface area contributed by atoms with Gasteiger partial charge in [0.1, 0.15) is 5.52 Å². The van der Waals surface area contributed by atoms with Crippen LogP contribution >= 0.6 is 15.9 Å². The van der Waals surface area contributed by atoms with Crippen molar-refractivity contribution in [2.45, 2.75) is 6.10 Å². The van der Waals surface area contributed by atoms with Gasteiger partial charge in [0.15, 0.2) is 0 Å². The lowest BCUT2D eigenvalue weighted by atomic mass is 10.3. The molecule has 0 bridgehead atoms. The van der Waals surface area contributed by atoms with Gasteiger partial charge in [-0.1, -0.05) is 28.1 Å². The van der Waals surface area contributed by atoms with E-state index in [2.05, 4.69) is 36.0 Å². The number of ether oxygens (including phenoxy) is 1. The Morgan fingerprint density at radius 3 is 2.94 bits per heavy atom. The molecule has 0 spiro atoms. The summed E-state index contributed by atoms with van der Waals surface area (Å²) in [5.41, 5.74) is 1.70. The van der Waals surface area contributed by atoms with Gasteiger partial charge < -0.3 is 9.64 Å². The monoisotopic (exact) mass is 308 g/mol. The average Bonchev–Trinajstić information content (AvgIpc) is 2.47. The van der Waals surface area contributed by atoms with Gasteiger partial charge in [0.05, 0.1) is 18.2 Å². The Morgan fingerprint density at radius 1 is 1.28 bits per heavy atom. The molecule has 0 aliphatic carbocycles. The minimum absolute atomic E-state index is 0.189. The summed E-state index contributed by atoms with van der Waals surface area (Å²) in [6.45, 7) is 2.31. The van der Waals surface area contributed by atoms with Gasteiger partial charge in [-0.25, -0.2) is 4.98 Å². The number of para-hydroxylation sites is 1. The van der Waals surface area contributed by atoms with Gasteiger partial charge in [0.25, 0.3) is 0 Å². The van der Waals surface area contributed by atoms with Crippen molar-refractivity contribution in [2.24, 2.45) is 0 Å². The first-order valence-corrected chi connectivity index (χ1v) is 7.01. The summed E-state index contributed by atoms with van der Waals surface area (Å²) in [5.74, 6) is 0.683. The highest BCUT2D eigenvalue weighted by atomic mass is 79.9. The van der Waals surface area contributed by atoms with Crippen LogP contribution in [0.4, 0.5) is 5.95 Å². The third-order valence-corrected chi connectivity index (χ3v) is 3.67. The van der Waals surface area contributed by atoms with Crippen molar-refractivity contribution in [3.8, 4) is 0 Å². The normalized spacial score (nSPS) is 20.3. The third kappa shape index (κ3) is 2.30. The number of fused-ring (bicyclic) bond motifs is 1. The molecular formula is C12H13BrN4O. The fourth-order valence-corrected chi connectivity index (χ4v) is 2.39. The molecule has 0 amide bonds. The Labute approximate surface area is 113 Å². The fourth-order valence-electron chi connectivity index (χ4n) is 2.00. The van der Waals surface area contributed by atoms with E-state index in [1.165, 1.54) is 0 Å². The van der Waals surface area contributed by atoms with Crippen LogP contribution in [0.25, 0.3) is 11.0 Å². The van der Waals surface area contributed by atoms with Crippen LogP contribution in [0.1, 0.15) is 0 Å².